The molecule has 0 saturated heterocycles. The van der Waals surface area contributed by atoms with Crippen molar-refractivity contribution in [2.75, 3.05) is 6.67 Å². The van der Waals surface area contributed by atoms with Gasteiger partial charge in [-0.25, -0.2) is 12.8 Å². The van der Waals surface area contributed by atoms with Gasteiger partial charge in [0.15, 0.2) is 9.84 Å². The van der Waals surface area contributed by atoms with E-state index in [1.165, 1.54) is 17.1 Å². The van der Waals surface area contributed by atoms with Gasteiger partial charge in [-0.2, -0.15) is 5.10 Å². The molecule has 2 aromatic rings. The SMILES string of the molecule is Cc1ccc(Cl)c(S(=O)(=O)Cc2cnn(CCF)c2)c1. The van der Waals surface area contributed by atoms with Gasteiger partial charge in [0.25, 0.3) is 0 Å². The number of aryl methyl sites for hydroxylation is 2. The minimum Gasteiger partial charge on any atom is -0.270 e. The summed E-state index contributed by atoms with van der Waals surface area (Å²) in [4.78, 5) is 0.109. The van der Waals surface area contributed by atoms with E-state index in [0.717, 1.165) is 5.56 Å². The van der Waals surface area contributed by atoms with Crippen molar-refractivity contribution >= 4 is 21.4 Å². The Bertz CT molecular complexity index is 713. The van der Waals surface area contributed by atoms with E-state index < -0.39 is 16.5 Å². The number of benzene rings is 1. The quantitative estimate of drug-likeness (QED) is 0.852. The van der Waals surface area contributed by atoms with Gasteiger partial charge in [-0.15, -0.1) is 0 Å². The van der Waals surface area contributed by atoms with Crippen molar-refractivity contribution < 1.29 is 12.8 Å². The Labute approximate surface area is 122 Å². The van der Waals surface area contributed by atoms with E-state index in [1.54, 1.807) is 25.1 Å². The number of rotatable bonds is 5. The van der Waals surface area contributed by atoms with Crippen LogP contribution in [0, 0.1) is 6.92 Å². The second kappa shape index (κ2) is 5.93. The summed E-state index contributed by atoms with van der Waals surface area (Å²) in [7, 11) is -3.55. The molecule has 108 valence electrons. The van der Waals surface area contributed by atoms with Crippen LogP contribution in [0.4, 0.5) is 4.39 Å². The smallest absolute Gasteiger partial charge is 0.184 e. The van der Waals surface area contributed by atoms with E-state index >= 15 is 0 Å². The predicted octanol–water partition coefficient (Wildman–Crippen LogP) is 2.79. The number of halogens is 2. The lowest BCUT2D eigenvalue weighted by Crippen LogP contribution is -2.06. The van der Waals surface area contributed by atoms with Crippen LogP contribution in [0.25, 0.3) is 0 Å². The summed E-state index contributed by atoms with van der Waals surface area (Å²) in [5, 5.41) is 4.10. The molecule has 1 aromatic carbocycles. The maximum Gasteiger partial charge on any atom is 0.184 e. The molecule has 1 aromatic heterocycles. The standard InChI is InChI=1S/C13H14ClFN2O2S/c1-10-2-3-12(14)13(6-10)20(18,19)9-11-7-16-17(8-11)5-4-15/h2-3,6-8H,4-5,9H2,1H3. The molecule has 0 aliphatic rings. The van der Waals surface area contributed by atoms with Gasteiger partial charge < -0.3 is 0 Å². The highest BCUT2D eigenvalue weighted by Crippen LogP contribution is 2.25. The molecule has 0 amide bonds. The minimum atomic E-state index is -3.55. The van der Waals surface area contributed by atoms with Gasteiger partial charge in [0.2, 0.25) is 0 Å². The molecule has 0 saturated carbocycles. The van der Waals surface area contributed by atoms with Crippen LogP contribution in [0.3, 0.4) is 0 Å². The van der Waals surface area contributed by atoms with Crippen molar-refractivity contribution in [3.05, 3.63) is 46.7 Å². The van der Waals surface area contributed by atoms with Gasteiger partial charge in [-0.05, 0) is 24.6 Å². The van der Waals surface area contributed by atoms with Crippen LogP contribution in [0.2, 0.25) is 5.02 Å². The summed E-state index contributed by atoms with van der Waals surface area (Å²) in [5.41, 5.74) is 1.33. The molecule has 0 N–H and O–H groups in total. The number of aromatic nitrogens is 2. The molecular weight excluding hydrogens is 303 g/mol. The molecule has 0 spiro atoms. The van der Waals surface area contributed by atoms with Gasteiger partial charge in [-0.1, -0.05) is 17.7 Å². The Kier molecular flexibility index (Phi) is 4.45. The Hall–Kier alpha value is -1.40. The van der Waals surface area contributed by atoms with Crippen LogP contribution in [0.5, 0.6) is 0 Å². The zero-order valence-electron chi connectivity index (χ0n) is 10.9. The lowest BCUT2D eigenvalue weighted by Gasteiger charge is -2.06. The third-order valence-corrected chi connectivity index (χ3v) is 4.94. The van der Waals surface area contributed by atoms with Crippen molar-refractivity contribution in [3.8, 4) is 0 Å². The molecule has 20 heavy (non-hydrogen) atoms. The first-order valence-electron chi connectivity index (χ1n) is 5.98. The first-order valence-corrected chi connectivity index (χ1v) is 8.01. The number of hydrogen-bond donors (Lipinski definition) is 0. The first kappa shape index (κ1) is 15.0. The molecule has 0 radical (unpaired) electrons. The van der Waals surface area contributed by atoms with Gasteiger partial charge in [0.1, 0.15) is 6.67 Å². The maximum absolute atomic E-state index is 12.3. The Morgan fingerprint density at radius 1 is 1.40 bits per heavy atom. The van der Waals surface area contributed by atoms with Crippen LogP contribution in [-0.2, 0) is 22.1 Å². The maximum atomic E-state index is 12.3. The van der Waals surface area contributed by atoms with E-state index in [4.69, 9.17) is 11.6 Å². The molecule has 0 aliphatic heterocycles. The summed E-state index contributed by atoms with van der Waals surface area (Å²) in [6.07, 6.45) is 2.96. The second-order valence-corrected chi connectivity index (χ2v) is 6.86. The van der Waals surface area contributed by atoms with E-state index in [-0.39, 0.29) is 22.2 Å². The molecule has 0 unspecified atom stereocenters. The zero-order chi connectivity index (χ0) is 14.8. The van der Waals surface area contributed by atoms with Crippen molar-refractivity contribution in [3.63, 3.8) is 0 Å². The van der Waals surface area contributed by atoms with Crippen LogP contribution >= 0.6 is 11.6 Å². The Morgan fingerprint density at radius 3 is 2.85 bits per heavy atom. The minimum absolute atomic E-state index is 0.109. The zero-order valence-corrected chi connectivity index (χ0v) is 12.5. The summed E-state index contributed by atoms with van der Waals surface area (Å²) in [6, 6.07) is 4.86. The normalized spacial score (nSPS) is 11.8. The van der Waals surface area contributed by atoms with Crippen LogP contribution in [-0.4, -0.2) is 24.9 Å². The van der Waals surface area contributed by atoms with Crippen LogP contribution < -0.4 is 0 Å². The lowest BCUT2D eigenvalue weighted by molar-refractivity contribution is 0.427. The molecule has 1 heterocycles. The Balaban J connectivity index is 2.28. The summed E-state index contributed by atoms with van der Waals surface area (Å²) >= 11 is 5.95. The summed E-state index contributed by atoms with van der Waals surface area (Å²) in [5.74, 6) is -0.206. The summed E-state index contributed by atoms with van der Waals surface area (Å²) < 4.78 is 38.3. The van der Waals surface area contributed by atoms with Crippen molar-refractivity contribution in [1.29, 1.82) is 0 Å². The van der Waals surface area contributed by atoms with E-state index in [0.29, 0.717) is 5.56 Å². The van der Waals surface area contributed by atoms with Crippen LogP contribution in [0.15, 0.2) is 35.5 Å². The van der Waals surface area contributed by atoms with E-state index in [1.807, 2.05) is 0 Å². The van der Waals surface area contributed by atoms with Crippen molar-refractivity contribution in [1.82, 2.24) is 9.78 Å². The van der Waals surface area contributed by atoms with E-state index in [9.17, 15) is 12.8 Å². The van der Waals surface area contributed by atoms with E-state index in [2.05, 4.69) is 5.10 Å². The number of nitrogens with zero attached hydrogens (tertiary/aromatic N) is 2. The number of hydrogen-bond acceptors (Lipinski definition) is 3. The fraction of sp³-hybridized carbons (Fsp3) is 0.308. The average Bonchev–Trinajstić information content (AvgIpc) is 2.79. The van der Waals surface area contributed by atoms with Gasteiger partial charge in [-0.3, -0.25) is 4.68 Å². The van der Waals surface area contributed by atoms with Gasteiger partial charge in [0, 0.05) is 11.8 Å². The highest BCUT2D eigenvalue weighted by Gasteiger charge is 2.19. The van der Waals surface area contributed by atoms with Crippen molar-refractivity contribution in [2.45, 2.75) is 24.1 Å². The number of sulfone groups is 1. The molecule has 0 atom stereocenters. The van der Waals surface area contributed by atoms with Crippen LogP contribution in [0.1, 0.15) is 11.1 Å². The molecule has 0 aliphatic carbocycles. The monoisotopic (exact) mass is 316 g/mol. The number of alkyl halides is 1. The lowest BCUT2D eigenvalue weighted by atomic mass is 10.2. The topological polar surface area (TPSA) is 52.0 Å². The third kappa shape index (κ3) is 3.37. The highest BCUT2D eigenvalue weighted by molar-refractivity contribution is 7.90. The fourth-order valence-corrected chi connectivity index (χ4v) is 3.78. The summed E-state index contributed by atoms with van der Waals surface area (Å²) in [6.45, 7) is 1.37. The third-order valence-electron chi connectivity index (χ3n) is 2.78. The van der Waals surface area contributed by atoms with Crippen molar-refractivity contribution in [2.24, 2.45) is 0 Å². The average molecular weight is 317 g/mol. The molecule has 7 heteroatoms. The molecule has 0 bridgehead atoms. The second-order valence-electron chi connectivity index (χ2n) is 4.49. The molecule has 0 fully saturated rings. The molecule has 4 nitrogen and oxygen atoms in total. The van der Waals surface area contributed by atoms with Gasteiger partial charge >= 0.3 is 0 Å². The molecule has 2 rings (SSSR count). The van der Waals surface area contributed by atoms with Gasteiger partial charge in [0.05, 0.1) is 28.4 Å². The molecular formula is C13H14ClFN2O2S. The first-order chi connectivity index (χ1) is 9.42. The highest BCUT2D eigenvalue weighted by atomic mass is 35.5. The largest absolute Gasteiger partial charge is 0.270 e. The Morgan fingerprint density at radius 2 is 2.15 bits per heavy atom. The fourth-order valence-electron chi connectivity index (χ4n) is 1.84. The predicted molar refractivity (Wildman–Crippen MR) is 75.3 cm³/mol.